The maximum Gasteiger partial charge on any atom is 0.237 e. The van der Waals surface area contributed by atoms with Gasteiger partial charge in [0.25, 0.3) is 0 Å². The fourth-order valence-electron chi connectivity index (χ4n) is 1.98. The summed E-state index contributed by atoms with van der Waals surface area (Å²) in [7, 11) is 0. The monoisotopic (exact) mass is 382 g/mol. The zero-order valence-corrected chi connectivity index (χ0v) is 15.2. The van der Waals surface area contributed by atoms with E-state index in [1.807, 2.05) is 31.2 Å². The van der Waals surface area contributed by atoms with E-state index in [0.29, 0.717) is 15.7 Å². The number of amides is 1. The zero-order valence-electron chi connectivity index (χ0n) is 12.0. The van der Waals surface area contributed by atoms with Gasteiger partial charge in [0.15, 0.2) is 4.34 Å². The third kappa shape index (κ3) is 4.18. The van der Waals surface area contributed by atoms with Crippen molar-refractivity contribution in [3.05, 3.63) is 52.5 Å². The Morgan fingerprint density at radius 3 is 2.61 bits per heavy atom. The van der Waals surface area contributed by atoms with Crippen molar-refractivity contribution in [2.75, 3.05) is 5.32 Å². The number of hydrogen-bond acceptors (Lipinski definition) is 4. The van der Waals surface area contributed by atoms with Gasteiger partial charge in [-0.2, -0.15) is 0 Å². The Hall–Kier alpha value is -1.27. The molecule has 3 aromatic rings. The third-order valence-corrected chi connectivity index (χ3v) is 5.72. The van der Waals surface area contributed by atoms with Gasteiger partial charge in [-0.25, -0.2) is 4.98 Å². The first-order chi connectivity index (χ1) is 11.0. The number of hydrogen-bond donors (Lipinski definition) is 1. The Balaban J connectivity index is 1.69. The van der Waals surface area contributed by atoms with Crippen LogP contribution in [0.1, 0.15) is 6.92 Å². The Morgan fingerprint density at radius 2 is 1.91 bits per heavy atom. The molecule has 1 amide bonds. The summed E-state index contributed by atoms with van der Waals surface area (Å²) in [6, 6.07) is 12.9. The molecule has 2 aromatic carbocycles. The Kier molecular flexibility index (Phi) is 5.11. The molecule has 3 rings (SSSR count). The molecule has 0 aliphatic heterocycles. The van der Waals surface area contributed by atoms with Gasteiger partial charge in [-0.3, -0.25) is 4.79 Å². The van der Waals surface area contributed by atoms with Gasteiger partial charge in [-0.15, -0.1) is 11.3 Å². The molecule has 0 saturated carbocycles. The van der Waals surface area contributed by atoms with Crippen molar-refractivity contribution in [2.45, 2.75) is 16.5 Å². The lowest BCUT2D eigenvalue weighted by Gasteiger charge is -2.11. The predicted octanol–water partition coefficient (Wildman–Crippen LogP) is 5.72. The smallest absolute Gasteiger partial charge is 0.237 e. The van der Waals surface area contributed by atoms with Crippen molar-refractivity contribution in [1.29, 1.82) is 0 Å². The Labute approximate surface area is 152 Å². The van der Waals surface area contributed by atoms with Crippen LogP contribution in [0.4, 0.5) is 5.69 Å². The molecule has 1 aromatic heterocycles. The Morgan fingerprint density at radius 1 is 1.22 bits per heavy atom. The van der Waals surface area contributed by atoms with E-state index in [2.05, 4.69) is 10.3 Å². The quantitative estimate of drug-likeness (QED) is 0.586. The van der Waals surface area contributed by atoms with E-state index in [1.165, 1.54) is 11.8 Å². The topological polar surface area (TPSA) is 42.0 Å². The van der Waals surface area contributed by atoms with Crippen LogP contribution < -0.4 is 5.32 Å². The van der Waals surface area contributed by atoms with Crippen LogP contribution in [0.15, 0.2) is 46.8 Å². The number of rotatable bonds is 4. The molecule has 3 nitrogen and oxygen atoms in total. The number of fused-ring (bicyclic) bond motifs is 1. The van der Waals surface area contributed by atoms with Crippen LogP contribution in [0.3, 0.4) is 0 Å². The fraction of sp³-hybridized carbons (Fsp3) is 0.125. The summed E-state index contributed by atoms with van der Waals surface area (Å²) in [5.74, 6) is -0.118. The van der Waals surface area contributed by atoms with Crippen molar-refractivity contribution in [3.63, 3.8) is 0 Å². The molecule has 118 valence electrons. The number of para-hydroxylation sites is 1. The minimum Gasteiger partial charge on any atom is -0.325 e. The molecule has 1 heterocycles. The van der Waals surface area contributed by atoms with Gasteiger partial charge in [-0.05, 0) is 37.3 Å². The molecule has 1 N–H and O–H groups in total. The van der Waals surface area contributed by atoms with Gasteiger partial charge in [0.2, 0.25) is 5.91 Å². The zero-order chi connectivity index (χ0) is 16.4. The van der Waals surface area contributed by atoms with Gasteiger partial charge < -0.3 is 5.32 Å². The molecule has 7 heteroatoms. The second-order valence-corrected chi connectivity index (χ2v) is 8.35. The van der Waals surface area contributed by atoms with Gasteiger partial charge >= 0.3 is 0 Å². The Bertz CT molecular complexity index is 813. The van der Waals surface area contributed by atoms with E-state index in [1.54, 1.807) is 29.5 Å². The number of halogens is 2. The lowest BCUT2D eigenvalue weighted by Crippen LogP contribution is -2.22. The number of thiazole rings is 1. The summed E-state index contributed by atoms with van der Waals surface area (Å²) >= 11 is 14.9. The van der Waals surface area contributed by atoms with Crippen LogP contribution in [0, 0.1) is 0 Å². The van der Waals surface area contributed by atoms with Crippen LogP contribution >= 0.6 is 46.3 Å². The first-order valence-corrected chi connectivity index (χ1v) is 9.25. The number of aromatic nitrogens is 1. The number of nitrogens with one attached hydrogen (secondary N) is 1. The molecule has 0 aliphatic rings. The molecule has 0 bridgehead atoms. The van der Waals surface area contributed by atoms with Crippen molar-refractivity contribution >= 4 is 68.1 Å². The van der Waals surface area contributed by atoms with Crippen LogP contribution in [-0.4, -0.2) is 16.1 Å². The molecule has 23 heavy (non-hydrogen) atoms. The van der Waals surface area contributed by atoms with E-state index >= 15 is 0 Å². The van der Waals surface area contributed by atoms with Crippen LogP contribution in [0.25, 0.3) is 10.2 Å². The fourth-order valence-corrected chi connectivity index (χ4v) is 4.71. The van der Waals surface area contributed by atoms with Gasteiger partial charge in [0.1, 0.15) is 0 Å². The number of nitrogens with zero attached hydrogens (tertiary/aromatic N) is 1. The molecule has 0 fully saturated rings. The summed E-state index contributed by atoms with van der Waals surface area (Å²) in [4.78, 5) is 16.8. The first kappa shape index (κ1) is 16.6. The summed E-state index contributed by atoms with van der Waals surface area (Å²) in [6.07, 6.45) is 0. The van der Waals surface area contributed by atoms with Gasteiger partial charge in [0, 0.05) is 15.7 Å². The number of benzene rings is 2. The predicted molar refractivity (Wildman–Crippen MR) is 100 cm³/mol. The summed E-state index contributed by atoms with van der Waals surface area (Å²) < 4.78 is 1.99. The lowest BCUT2D eigenvalue weighted by molar-refractivity contribution is -0.115. The summed E-state index contributed by atoms with van der Waals surface area (Å²) in [5, 5.41) is 3.51. The van der Waals surface area contributed by atoms with E-state index < -0.39 is 0 Å². The molecule has 0 unspecified atom stereocenters. The van der Waals surface area contributed by atoms with E-state index in [9.17, 15) is 4.79 Å². The van der Waals surface area contributed by atoms with Crippen LogP contribution in [0.2, 0.25) is 10.0 Å². The maximum absolute atomic E-state index is 12.3. The molecule has 1 atom stereocenters. The second-order valence-electron chi connectivity index (χ2n) is 4.85. The minimum atomic E-state index is -0.284. The molecular formula is C16H12Cl2N2OS2. The minimum absolute atomic E-state index is 0.118. The SMILES string of the molecule is C[C@@H](Sc1nc2ccccc2s1)C(=O)Nc1cc(Cl)cc(Cl)c1. The molecule has 0 aliphatic carbocycles. The second kappa shape index (κ2) is 7.09. The molecule has 0 saturated heterocycles. The molecule has 0 spiro atoms. The largest absolute Gasteiger partial charge is 0.325 e. The van der Waals surface area contributed by atoms with Crippen LogP contribution in [-0.2, 0) is 4.79 Å². The number of thioether (sulfide) groups is 1. The first-order valence-electron chi connectivity index (χ1n) is 6.80. The van der Waals surface area contributed by atoms with Crippen molar-refractivity contribution in [1.82, 2.24) is 4.98 Å². The van der Waals surface area contributed by atoms with Crippen molar-refractivity contribution < 1.29 is 4.79 Å². The molecular weight excluding hydrogens is 371 g/mol. The molecule has 0 radical (unpaired) electrons. The highest BCUT2D eigenvalue weighted by molar-refractivity contribution is 8.02. The number of carbonyl (C=O) groups excluding carboxylic acids is 1. The average molecular weight is 383 g/mol. The average Bonchev–Trinajstić information content (AvgIpc) is 2.88. The lowest BCUT2D eigenvalue weighted by atomic mass is 10.3. The van der Waals surface area contributed by atoms with Crippen molar-refractivity contribution in [2.24, 2.45) is 0 Å². The standard InChI is InChI=1S/C16H12Cl2N2OS2/c1-9(15(21)19-12-7-10(17)6-11(18)8-12)22-16-20-13-4-2-3-5-14(13)23-16/h2-9H,1H3,(H,19,21)/t9-/m1/s1. The normalized spacial score (nSPS) is 12.3. The number of anilines is 1. The van der Waals surface area contributed by atoms with Crippen LogP contribution in [0.5, 0.6) is 0 Å². The summed E-state index contributed by atoms with van der Waals surface area (Å²) in [5.41, 5.74) is 1.54. The maximum atomic E-state index is 12.3. The van der Waals surface area contributed by atoms with Gasteiger partial charge in [0.05, 0.1) is 15.5 Å². The van der Waals surface area contributed by atoms with Gasteiger partial charge in [-0.1, -0.05) is 47.1 Å². The van der Waals surface area contributed by atoms with Crippen molar-refractivity contribution in [3.8, 4) is 0 Å². The highest BCUT2D eigenvalue weighted by Gasteiger charge is 2.17. The third-order valence-electron chi connectivity index (χ3n) is 3.05. The highest BCUT2D eigenvalue weighted by atomic mass is 35.5. The highest BCUT2D eigenvalue weighted by Crippen LogP contribution is 2.32. The van der Waals surface area contributed by atoms with E-state index in [-0.39, 0.29) is 11.2 Å². The summed E-state index contributed by atoms with van der Waals surface area (Å²) in [6.45, 7) is 1.85. The van der Waals surface area contributed by atoms with E-state index in [4.69, 9.17) is 23.2 Å². The number of carbonyl (C=O) groups is 1. The van der Waals surface area contributed by atoms with E-state index in [0.717, 1.165) is 14.6 Å².